The van der Waals surface area contributed by atoms with Gasteiger partial charge >= 0.3 is 6.03 Å². The standard InChI is InChI=1S/C16H26N4O2S/c1-16(2,3)14-20-19-13(23-14)9-17-15(21)18-11-6-7-22-12(8-11)10-4-5-10/h10-12H,4-9H2,1-3H3,(H2,17,18,21)/t11-,12+/m1/s1. The first kappa shape index (κ1) is 16.6. The Kier molecular flexibility index (Phi) is 4.87. The van der Waals surface area contributed by atoms with Crippen molar-refractivity contribution in [2.24, 2.45) is 5.92 Å². The Morgan fingerprint density at radius 3 is 2.74 bits per heavy atom. The lowest BCUT2D eigenvalue weighted by molar-refractivity contribution is -0.00914. The molecule has 23 heavy (non-hydrogen) atoms. The van der Waals surface area contributed by atoms with E-state index in [4.69, 9.17) is 4.74 Å². The molecule has 1 aromatic rings. The quantitative estimate of drug-likeness (QED) is 0.885. The number of ether oxygens (including phenoxy) is 1. The van der Waals surface area contributed by atoms with E-state index in [0.717, 1.165) is 35.4 Å². The maximum atomic E-state index is 12.1. The molecule has 0 radical (unpaired) electrons. The molecule has 0 bridgehead atoms. The van der Waals surface area contributed by atoms with Crippen LogP contribution in [0.25, 0.3) is 0 Å². The number of carbonyl (C=O) groups excluding carboxylic acids is 1. The first-order valence-electron chi connectivity index (χ1n) is 8.40. The highest BCUT2D eigenvalue weighted by Crippen LogP contribution is 2.38. The van der Waals surface area contributed by atoms with Crippen LogP contribution in [0.5, 0.6) is 0 Å². The van der Waals surface area contributed by atoms with Crippen molar-refractivity contribution in [3.05, 3.63) is 10.0 Å². The summed E-state index contributed by atoms with van der Waals surface area (Å²) in [6.07, 6.45) is 4.72. The Hall–Kier alpha value is -1.21. The molecule has 128 valence electrons. The van der Waals surface area contributed by atoms with Crippen molar-refractivity contribution < 1.29 is 9.53 Å². The summed E-state index contributed by atoms with van der Waals surface area (Å²) in [4.78, 5) is 12.1. The molecule has 2 heterocycles. The number of amides is 2. The zero-order valence-corrected chi connectivity index (χ0v) is 14.9. The summed E-state index contributed by atoms with van der Waals surface area (Å²) >= 11 is 1.56. The number of hydrogen-bond acceptors (Lipinski definition) is 5. The number of nitrogens with one attached hydrogen (secondary N) is 2. The summed E-state index contributed by atoms with van der Waals surface area (Å²) in [5, 5.41) is 16.1. The largest absolute Gasteiger partial charge is 0.378 e. The van der Waals surface area contributed by atoms with E-state index >= 15 is 0 Å². The summed E-state index contributed by atoms with van der Waals surface area (Å²) in [5.41, 5.74) is -0.00189. The highest BCUT2D eigenvalue weighted by molar-refractivity contribution is 7.11. The van der Waals surface area contributed by atoms with Crippen molar-refractivity contribution in [3.8, 4) is 0 Å². The summed E-state index contributed by atoms with van der Waals surface area (Å²) in [6, 6.07) is 0.0906. The van der Waals surface area contributed by atoms with Gasteiger partial charge in [-0.15, -0.1) is 10.2 Å². The van der Waals surface area contributed by atoms with Crippen LogP contribution < -0.4 is 10.6 Å². The lowest BCUT2D eigenvalue weighted by atomic mass is 9.98. The molecule has 2 amide bonds. The van der Waals surface area contributed by atoms with Gasteiger partial charge in [-0.25, -0.2) is 4.79 Å². The Balaban J connectivity index is 1.43. The molecule has 1 aliphatic heterocycles. The Bertz CT molecular complexity index is 551. The van der Waals surface area contributed by atoms with Gasteiger partial charge in [0.25, 0.3) is 0 Å². The molecule has 6 nitrogen and oxygen atoms in total. The number of aromatic nitrogens is 2. The summed E-state index contributed by atoms with van der Waals surface area (Å²) in [5.74, 6) is 0.722. The minimum Gasteiger partial charge on any atom is -0.378 e. The van der Waals surface area contributed by atoms with E-state index in [9.17, 15) is 4.79 Å². The van der Waals surface area contributed by atoms with Gasteiger partial charge in [-0.2, -0.15) is 0 Å². The third-order valence-corrected chi connectivity index (χ3v) is 5.66. The molecule has 2 aliphatic rings. The first-order chi connectivity index (χ1) is 10.9. The second-order valence-corrected chi connectivity index (χ2v) is 8.61. The zero-order valence-electron chi connectivity index (χ0n) is 14.1. The van der Waals surface area contributed by atoms with Gasteiger partial charge in [0.05, 0.1) is 12.6 Å². The van der Waals surface area contributed by atoms with Crippen LogP contribution in [0.2, 0.25) is 0 Å². The molecule has 0 spiro atoms. The van der Waals surface area contributed by atoms with Gasteiger partial charge < -0.3 is 15.4 Å². The van der Waals surface area contributed by atoms with Gasteiger partial charge in [0, 0.05) is 18.1 Å². The maximum absolute atomic E-state index is 12.1. The average Bonchev–Trinajstić information content (AvgIpc) is 3.22. The number of urea groups is 1. The second-order valence-electron chi connectivity index (χ2n) is 7.55. The summed E-state index contributed by atoms with van der Waals surface area (Å²) < 4.78 is 5.79. The van der Waals surface area contributed by atoms with Crippen LogP contribution in [-0.4, -0.2) is 35.0 Å². The lowest BCUT2D eigenvalue weighted by Crippen LogP contribution is -2.46. The molecule has 0 aromatic carbocycles. The predicted octanol–water partition coefficient (Wildman–Crippen LogP) is 2.59. The van der Waals surface area contributed by atoms with E-state index in [2.05, 4.69) is 41.6 Å². The van der Waals surface area contributed by atoms with Gasteiger partial charge in [0.1, 0.15) is 10.0 Å². The predicted molar refractivity (Wildman–Crippen MR) is 89.5 cm³/mol. The second kappa shape index (κ2) is 6.73. The molecule has 1 aromatic heterocycles. The minimum absolute atomic E-state index is 0.00189. The van der Waals surface area contributed by atoms with Crippen LogP contribution in [0.15, 0.2) is 0 Å². The maximum Gasteiger partial charge on any atom is 0.315 e. The van der Waals surface area contributed by atoms with Crippen LogP contribution in [0.4, 0.5) is 4.79 Å². The molecule has 0 unspecified atom stereocenters. The topological polar surface area (TPSA) is 76.1 Å². The molecule has 2 atom stereocenters. The van der Waals surface area contributed by atoms with Crippen LogP contribution >= 0.6 is 11.3 Å². The Labute approximate surface area is 141 Å². The fourth-order valence-corrected chi connectivity index (χ4v) is 3.61. The molecular formula is C16H26N4O2S. The monoisotopic (exact) mass is 338 g/mol. The third kappa shape index (κ3) is 4.64. The first-order valence-corrected chi connectivity index (χ1v) is 9.22. The van der Waals surface area contributed by atoms with Crippen molar-refractivity contribution in [1.82, 2.24) is 20.8 Å². The zero-order chi connectivity index (χ0) is 16.4. The van der Waals surface area contributed by atoms with E-state index in [1.165, 1.54) is 12.8 Å². The molecule has 1 saturated heterocycles. The molecule has 1 aliphatic carbocycles. The molecule has 3 rings (SSSR count). The van der Waals surface area contributed by atoms with Crippen LogP contribution in [0.1, 0.15) is 56.5 Å². The van der Waals surface area contributed by atoms with Crippen molar-refractivity contribution in [2.45, 2.75) is 70.6 Å². The minimum atomic E-state index is -0.126. The van der Waals surface area contributed by atoms with E-state index in [1.54, 1.807) is 11.3 Å². The van der Waals surface area contributed by atoms with Crippen molar-refractivity contribution in [3.63, 3.8) is 0 Å². The van der Waals surface area contributed by atoms with Gasteiger partial charge in [0.15, 0.2) is 0 Å². The Morgan fingerprint density at radius 2 is 2.09 bits per heavy atom. The number of hydrogen-bond donors (Lipinski definition) is 2. The highest BCUT2D eigenvalue weighted by atomic mass is 32.1. The number of carbonyl (C=O) groups is 1. The average molecular weight is 338 g/mol. The number of nitrogens with zero attached hydrogens (tertiary/aromatic N) is 2. The molecule has 7 heteroatoms. The number of rotatable bonds is 4. The van der Waals surface area contributed by atoms with Gasteiger partial charge in [-0.05, 0) is 31.6 Å². The SMILES string of the molecule is CC(C)(C)c1nnc(CNC(=O)N[C@@H]2CCO[C@H](C3CC3)C2)s1. The van der Waals surface area contributed by atoms with E-state index in [0.29, 0.717) is 12.6 Å². The van der Waals surface area contributed by atoms with Crippen LogP contribution in [0, 0.1) is 5.92 Å². The molecule has 1 saturated carbocycles. The Morgan fingerprint density at radius 1 is 1.30 bits per heavy atom. The van der Waals surface area contributed by atoms with Gasteiger partial charge in [-0.1, -0.05) is 32.1 Å². The molecule has 2 N–H and O–H groups in total. The van der Waals surface area contributed by atoms with Crippen molar-refractivity contribution >= 4 is 17.4 Å². The van der Waals surface area contributed by atoms with E-state index < -0.39 is 0 Å². The molecule has 2 fully saturated rings. The normalized spacial score (nSPS) is 25.2. The van der Waals surface area contributed by atoms with E-state index in [1.807, 2.05) is 0 Å². The highest BCUT2D eigenvalue weighted by Gasteiger charge is 2.36. The van der Waals surface area contributed by atoms with Gasteiger partial charge in [0.2, 0.25) is 0 Å². The van der Waals surface area contributed by atoms with Crippen molar-refractivity contribution in [1.29, 1.82) is 0 Å². The lowest BCUT2D eigenvalue weighted by Gasteiger charge is -2.30. The molecular weight excluding hydrogens is 312 g/mol. The van der Waals surface area contributed by atoms with Crippen LogP contribution in [0.3, 0.4) is 0 Å². The van der Waals surface area contributed by atoms with Crippen molar-refractivity contribution in [2.75, 3.05) is 6.61 Å². The van der Waals surface area contributed by atoms with Gasteiger partial charge in [-0.3, -0.25) is 0 Å². The van der Waals surface area contributed by atoms with E-state index in [-0.39, 0.29) is 17.5 Å². The van der Waals surface area contributed by atoms with Crippen LogP contribution in [-0.2, 0) is 16.7 Å². The smallest absolute Gasteiger partial charge is 0.315 e. The third-order valence-electron chi connectivity index (χ3n) is 4.31. The fraction of sp³-hybridized carbons (Fsp3) is 0.812. The fourth-order valence-electron chi connectivity index (χ4n) is 2.78. The summed E-state index contributed by atoms with van der Waals surface area (Å²) in [6.45, 7) is 7.50. The summed E-state index contributed by atoms with van der Waals surface area (Å²) in [7, 11) is 0.